The van der Waals surface area contributed by atoms with Gasteiger partial charge in [-0.05, 0) is 37.1 Å². The number of hydrogen-bond donors (Lipinski definition) is 0. The van der Waals surface area contributed by atoms with Gasteiger partial charge in [0.25, 0.3) is 17.5 Å². The molecule has 4 rings (SSSR count). The van der Waals surface area contributed by atoms with Crippen molar-refractivity contribution in [2.45, 2.75) is 37.8 Å². The first-order valence-electron chi connectivity index (χ1n) is 10.5. The van der Waals surface area contributed by atoms with Crippen molar-refractivity contribution in [1.82, 2.24) is 9.80 Å². The van der Waals surface area contributed by atoms with E-state index < -0.39 is 4.92 Å². The summed E-state index contributed by atoms with van der Waals surface area (Å²) < 4.78 is 11.2. The number of benzene rings is 1. The van der Waals surface area contributed by atoms with Crippen LogP contribution < -0.4 is 0 Å². The third-order valence-corrected chi connectivity index (χ3v) is 5.91. The van der Waals surface area contributed by atoms with E-state index in [1.165, 1.54) is 30.5 Å². The van der Waals surface area contributed by atoms with Crippen molar-refractivity contribution in [3.05, 3.63) is 64.1 Å². The smallest absolute Gasteiger partial charge is 0.289 e. The molecule has 2 heterocycles. The van der Waals surface area contributed by atoms with Crippen molar-refractivity contribution < 1.29 is 23.7 Å². The number of amides is 2. The lowest BCUT2D eigenvalue weighted by atomic mass is 10.1. The topological polar surface area (TPSA) is 106 Å². The molecule has 1 aliphatic carbocycles. The maximum Gasteiger partial charge on any atom is 0.289 e. The van der Waals surface area contributed by atoms with Crippen molar-refractivity contribution in [2.75, 3.05) is 26.2 Å². The molecule has 31 heavy (non-hydrogen) atoms. The van der Waals surface area contributed by atoms with Gasteiger partial charge in [0.15, 0.2) is 5.76 Å². The SMILES string of the molecule is O=C(c1ccc([N+](=O)[O-])cc1)N1CCO[C@@H](CN(C(=O)c2ccco2)C2CCCC2)C1. The Bertz CT molecular complexity index is 921. The average molecular weight is 427 g/mol. The zero-order valence-electron chi connectivity index (χ0n) is 17.1. The number of nitro groups is 1. The molecule has 1 atom stereocenters. The number of carbonyl (C=O) groups is 2. The summed E-state index contributed by atoms with van der Waals surface area (Å²) in [5.41, 5.74) is 0.339. The minimum absolute atomic E-state index is 0.0555. The Morgan fingerprint density at radius 3 is 2.55 bits per heavy atom. The second-order valence-corrected chi connectivity index (χ2v) is 7.92. The fraction of sp³-hybridized carbons (Fsp3) is 0.455. The van der Waals surface area contributed by atoms with E-state index in [0.717, 1.165) is 25.7 Å². The van der Waals surface area contributed by atoms with Crippen LogP contribution in [0.15, 0.2) is 47.1 Å². The van der Waals surface area contributed by atoms with Crippen molar-refractivity contribution in [3.63, 3.8) is 0 Å². The number of hydrogen-bond acceptors (Lipinski definition) is 6. The quantitative estimate of drug-likeness (QED) is 0.518. The summed E-state index contributed by atoms with van der Waals surface area (Å²) in [5, 5.41) is 10.8. The number of nitro benzene ring substituents is 1. The number of morpholine rings is 1. The van der Waals surface area contributed by atoms with E-state index >= 15 is 0 Å². The van der Waals surface area contributed by atoms with Crippen molar-refractivity contribution in [3.8, 4) is 0 Å². The molecule has 2 amide bonds. The molecular formula is C22H25N3O6. The van der Waals surface area contributed by atoms with Crippen LogP contribution in [0, 0.1) is 10.1 Å². The maximum atomic E-state index is 13.0. The summed E-state index contributed by atoms with van der Waals surface area (Å²) in [6, 6.07) is 9.09. The van der Waals surface area contributed by atoms with Crippen LogP contribution in [0.5, 0.6) is 0 Å². The molecular weight excluding hydrogens is 402 g/mol. The molecule has 0 radical (unpaired) electrons. The van der Waals surface area contributed by atoms with E-state index in [0.29, 0.717) is 37.6 Å². The predicted molar refractivity (Wildman–Crippen MR) is 111 cm³/mol. The van der Waals surface area contributed by atoms with Crippen molar-refractivity contribution in [1.29, 1.82) is 0 Å². The Kier molecular flexibility index (Phi) is 6.31. The lowest BCUT2D eigenvalue weighted by molar-refractivity contribution is -0.384. The summed E-state index contributed by atoms with van der Waals surface area (Å²) in [7, 11) is 0. The third-order valence-electron chi connectivity index (χ3n) is 5.91. The summed E-state index contributed by atoms with van der Waals surface area (Å²) in [5.74, 6) is -0.0474. The van der Waals surface area contributed by atoms with Crippen LogP contribution in [-0.2, 0) is 4.74 Å². The zero-order valence-corrected chi connectivity index (χ0v) is 17.1. The fourth-order valence-corrected chi connectivity index (χ4v) is 4.30. The normalized spacial score (nSPS) is 19.4. The first-order chi connectivity index (χ1) is 15.0. The number of carbonyl (C=O) groups excluding carboxylic acids is 2. The molecule has 9 nitrogen and oxygen atoms in total. The van der Waals surface area contributed by atoms with E-state index in [2.05, 4.69) is 0 Å². The highest BCUT2D eigenvalue weighted by Crippen LogP contribution is 2.26. The molecule has 2 fully saturated rings. The van der Waals surface area contributed by atoms with Crippen molar-refractivity contribution in [2.24, 2.45) is 0 Å². The van der Waals surface area contributed by atoms with Gasteiger partial charge in [0.05, 0.1) is 23.9 Å². The molecule has 0 N–H and O–H groups in total. The largest absolute Gasteiger partial charge is 0.459 e. The number of nitrogens with zero attached hydrogens (tertiary/aromatic N) is 3. The first-order valence-corrected chi connectivity index (χ1v) is 10.5. The van der Waals surface area contributed by atoms with Gasteiger partial charge in [0, 0.05) is 43.4 Å². The van der Waals surface area contributed by atoms with Gasteiger partial charge in [0.1, 0.15) is 0 Å². The third kappa shape index (κ3) is 4.77. The minimum atomic E-state index is -0.493. The van der Waals surface area contributed by atoms with Crippen LogP contribution >= 0.6 is 0 Å². The minimum Gasteiger partial charge on any atom is -0.459 e. The molecule has 1 aliphatic heterocycles. The molecule has 1 saturated carbocycles. The second-order valence-electron chi connectivity index (χ2n) is 7.92. The maximum absolute atomic E-state index is 13.0. The molecule has 1 aromatic heterocycles. The van der Waals surface area contributed by atoms with Gasteiger partial charge >= 0.3 is 0 Å². The van der Waals surface area contributed by atoms with Crippen molar-refractivity contribution >= 4 is 17.5 Å². The Hall–Kier alpha value is -3.20. The van der Waals surface area contributed by atoms with E-state index in [-0.39, 0.29) is 29.6 Å². The number of ether oxygens (including phenoxy) is 1. The predicted octanol–water partition coefficient (Wildman–Crippen LogP) is 3.11. The molecule has 164 valence electrons. The number of non-ortho nitro benzene ring substituents is 1. The second kappa shape index (κ2) is 9.30. The highest BCUT2D eigenvalue weighted by Gasteiger charge is 2.33. The van der Waals surface area contributed by atoms with Gasteiger partial charge in [-0.15, -0.1) is 0 Å². The molecule has 0 bridgehead atoms. The van der Waals surface area contributed by atoms with E-state index in [1.807, 2.05) is 4.90 Å². The Morgan fingerprint density at radius 1 is 1.16 bits per heavy atom. The molecule has 2 aromatic rings. The van der Waals surface area contributed by atoms with Crippen LogP contribution in [0.25, 0.3) is 0 Å². The zero-order chi connectivity index (χ0) is 21.8. The highest BCUT2D eigenvalue weighted by atomic mass is 16.6. The van der Waals surface area contributed by atoms with Gasteiger partial charge in [-0.2, -0.15) is 0 Å². The van der Waals surface area contributed by atoms with E-state index in [4.69, 9.17) is 9.15 Å². The van der Waals surface area contributed by atoms with E-state index in [1.54, 1.807) is 17.0 Å². The van der Waals surface area contributed by atoms with Gasteiger partial charge in [-0.25, -0.2) is 0 Å². The van der Waals surface area contributed by atoms with Gasteiger partial charge in [-0.3, -0.25) is 19.7 Å². The molecule has 0 spiro atoms. The highest BCUT2D eigenvalue weighted by molar-refractivity contribution is 5.94. The van der Waals surface area contributed by atoms with Crippen LogP contribution in [0.1, 0.15) is 46.6 Å². The molecule has 1 aromatic carbocycles. The van der Waals surface area contributed by atoms with Crippen LogP contribution in [0.4, 0.5) is 5.69 Å². The average Bonchev–Trinajstić information content (AvgIpc) is 3.51. The Morgan fingerprint density at radius 2 is 1.90 bits per heavy atom. The first kappa shape index (κ1) is 21.0. The number of furan rings is 1. The Balaban J connectivity index is 1.44. The number of rotatable bonds is 6. The summed E-state index contributed by atoms with van der Waals surface area (Å²) in [6.45, 7) is 1.54. The summed E-state index contributed by atoms with van der Waals surface area (Å²) in [4.78, 5) is 39.8. The van der Waals surface area contributed by atoms with Gasteiger partial charge < -0.3 is 19.0 Å². The van der Waals surface area contributed by atoms with Crippen LogP contribution in [0.2, 0.25) is 0 Å². The lowest BCUT2D eigenvalue weighted by Gasteiger charge is -2.37. The molecule has 1 saturated heterocycles. The summed E-state index contributed by atoms with van der Waals surface area (Å²) in [6.07, 6.45) is 5.25. The summed E-state index contributed by atoms with van der Waals surface area (Å²) >= 11 is 0. The van der Waals surface area contributed by atoms with Gasteiger partial charge in [-0.1, -0.05) is 12.8 Å². The standard InChI is InChI=1S/C22H25N3O6/c26-21(16-7-9-18(10-8-16)25(28)29)23-11-13-30-19(14-23)15-24(17-4-1-2-5-17)22(27)20-6-3-12-31-20/h3,6-10,12,17,19H,1-2,4-5,11,13-15H2/t19-/m1/s1. The van der Waals surface area contributed by atoms with Crippen LogP contribution in [-0.4, -0.2) is 64.9 Å². The van der Waals surface area contributed by atoms with Crippen LogP contribution in [0.3, 0.4) is 0 Å². The molecule has 0 unspecified atom stereocenters. The van der Waals surface area contributed by atoms with Gasteiger partial charge in [0.2, 0.25) is 0 Å². The fourth-order valence-electron chi connectivity index (χ4n) is 4.30. The lowest BCUT2D eigenvalue weighted by Crippen LogP contribution is -2.52. The van der Waals surface area contributed by atoms with E-state index in [9.17, 15) is 19.7 Å². The molecule has 2 aliphatic rings. The Labute approximate surface area is 179 Å². The monoisotopic (exact) mass is 427 g/mol. The molecule has 9 heteroatoms.